The minimum absolute atomic E-state index is 0.00275. The molecule has 0 aromatic heterocycles. The van der Waals surface area contributed by atoms with Crippen LogP contribution in [-0.2, 0) is 0 Å². The summed E-state index contributed by atoms with van der Waals surface area (Å²) in [5.41, 5.74) is 2.14. The van der Waals surface area contributed by atoms with Crippen molar-refractivity contribution in [3.63, 3.8) is 0 Å². The van der Waals surface area contributed by atoms with Crippen LogP contribution in [-0.4, -0.2) is 25.5 Å². The molecule has 1 aromatic carbocycles. The van der Waals surface area contributed by atoms with E-state index in [1.54, 1.807) is 0 Å². The third-order valence-electron chi connectivity index (χ3n) is 3.00. The lowest BCUT2D eigenvalue weighted by molar-refractivity contribution is 0.0954. The molecule has 0 aliphatic carbocycles. The Balaban J connectivity index is 1.78. The van der Waals surface area contributed by atoms with Crippen LogP contribution in [0, 0.1) is 0 Å². The molecule has 0 saturated carbocycles. The predicted octanol–water partition coefficient (Wildman–Crippen LogP) is 2.49. The monoisotopic (exact) mass is 308 g/mol. The summed E-state index contributed by atoms with van der Waals surface area (Å²) in [6.45, 7) is 2.71. The van der Waals surface area contributed by atoms with Crippen molar-refractivity contribution in [2.75, 3.05) is 19.6 Å². The highest BCUT2D eigenvalue weighted by Crippen LogP contribution is 2.11. The standard InChI is InChI=1S/C14H17BrN2O/c15-13-3-1-12(2-4-13)14(18)17-10-7-11-5-8-16-9-6-11/h1-5,16H,6-10H2,(H,17,18). The largest absolute Gasteiger partial charge is 0.352 e. The first kappa shape index (κ1) is 13.3. The molecule has 18 heavy (non-hydrogen) atoms. The lowest BCUT2D eigenvalue weighted by Crippen LogP contribution is -2.26. The van der Waals surface area contributed by atoms with Crippen molar-refractivity contribution in [1.29, 1.82) is 0 Å². The van der Waals surface area contributed by atoms with E-state index in [9.17, 15) is 4.79 Å². The topological polar surface area (TPSA) is 41.1 Å². The van der Waals surface area contributed by atoms with Crippen molar-refractivity contribution in [3.8, 4) is 0 Å². The van der Waals surface area contributed by atoms with Crippen LogP contribution >= 0.6 is 15.9 Å². The average molecular weight is 309 g/mol. The van der Waals surface area contributed by atoms with E-state index in [1.165, 1.54) is 5.57 Å². The van der Waals surface area contributed by atoms with Gasteiger partial charge in [0.2, 0.25) is 0 Å². The van der Waals surface area contributed by atoms with Gasteiger partial charge in [-0.05, 0) is 43.7 Å². The number of nitrogens with one attached hydrogen (secondary N) is 2. The molecule has 96 valence electrons. The van der Waals surface area contributed by atoms with E-state index in [2.05, 4.69) is 32.6 Å². The molecular weight excluding hydrogens is 292 g/mol. The van der Waals surface area contributed by atoms with Gasteiger partial charge >= 0.3 is 0 Å². The summed E-state index contributed by atoms with van der Waals surface area (Å²) in [7, 11) is 0. The number of carbonyl (C=O) groups is 1. The van der Waals surface area contributed by atoms with E-state index < -0.39 is 0 Å². The van der Waals surface area contributed by atoms with Crippen LogP contribution in [0.3, 0.4) is 0 Å². The van der Waals surface area contributed by atoms with Crippen molar-refractivity contribution in [3.05, 3.63) is 46.0 Å². The summed E-state index contributed by atoms with van der Waals surface area (Å²) in [4.78, 5) is 11.8. The molecule has 4 heteroatoms. The molecule has 0 unspecified atom stereocenters. The maximum Gasteiger partial charge on any atom is 0.251 e. The van der Waals surface area contributed by atoms with Crippen molar-refractivity contribution < 1.29 is 4.79 Å². The van der Waals surface area contributed by atoms with E-state index >= 15 is 0 Å². The molecule has 1 amide bonds. The number of amides is 1. The molecule has 0 fully saturated rings. The van der Waals surface area contributed by atoms with Crippen LogP contribution in [0.15, 0.2) is 40.4 Å². The van der Waals surface area contributed by atoms with E-state index in [1.807, 2.05) is 24.3 Å². The highest BCUT2D eigenvalue weighted by atomic mass is 79.9. The highest BCUT2D eigenvalue weighted by Gasteiger charge is 2.06. The predicted molar refractivity (Wildman–Crippen MR) is 76.7 cm³/mol. The molecule has 1 aromatic rings. The Kier molecular flexibility index (Phi) is 4.96. The molecule has 1 aliphatic heterocycles. The molecular formula is C14H17BrN2O. The summed E-state index contributed by atoms with van der Waals surface area (Å²) < 4.78 is 0.985. The van der Waals surface area contributed by atoms with Crippen LogP contribution < -0.4 is 10.6 Å². The minimum atomic E-state index is -0.00275. The zero-order valence-corrected chi connectivity index (χ0v) is 11.8. The van der Waals surface area contributed by atoms with Gasteiger partial charge in [0.05, 0.1) is 0 Å². The summed E-state index contributed by atoms with van der Waals surface area (Å²) in [5.74, 6) is -0.00275. The van der Waals surface area contributed by atoms with Gasteiger partial charge in [0.15, 0.2) is 0 Å². The second-order valence-electron chi connectivity index (χ2n) is 4.33. The zero-order valence-electron chi connectivity index (χ0n) is 10.2. The molecule has 1 aliphatic rings. The maximum absolute atomic E-state index is 11.8. The van der Waals surface area contributed by atoms with Crippen LogP contribution in [0.1, 0.15) is 23.2 Å². The van der Waals surface area contributed by atoms with Gasteiger partial charge in [-0.2, -0.15) is 0 Å². The first-order valence-corrected chi connectivity index (χ1v) is 6.97. The van der Waals surface area contributed by atoms with E-state index in [0.717, 1.165) is 30.4 Å². The van der Waals surface area contributed by atoms with Crippen molar-refractivity contribution in [1.82, 2.24) is 10.6 Å². The second kappa shape index (κ2) is 6.71. The quantitative estimate of drug-likeness (QED) is 0.839. The third-order valence-corrected chi connectivity index (χ3v) is 3.52. The Morgan fingerprint density at radius 1 is 1.33 bits per heavy atom. The first-order valence-electron chi connectivity index (χ1n) is 6.18. The molecule has 1 heterocycles. The molecule has 2 rings (SSSR count). The first-order chi connectivity index (χ1) is 8.75. The van der Waals surface area contributed by atoms with E-state index in [0.29, 0.717) is 12.1 Å². The number of benzene rings is 1. The van der Waals surface area contributed by atoms with Gasteiger partial charge in [0, 0.05) is 23.1 Å². The molecule has 0 atom stereocenters. The van der Waals surface area contributed by atoms with Gasteiger partial charge in [-0.3, -0.25) is 4.79 Å². The van der Waals surface area contributed by atoms with E-state index in [4.69, 9.17) is 0 Å². The second-order valence-corrected chi connectivity index (χ2v) is 5.24. The molecule has 3 nitrogen and oxygen atoms in total. The van der Waals surface area contributed by atoms with Gasteiger partial charge in [-0.15, -0.1) is 0 Å². The fraction of sp³-hybridized carbons (Fsp3) is 0.357. The zero-order chi connectivity index (χ0) is 12.8. The Morgan fingerprint density at radius 2 is 2.11 bits per heavy atom. The SMILES string of the molecule is O=C(NCCC1=CCNCC1)c1ccc(Br)cc1. The van der Waals surface area contributed by atoms with Crippen molar-refractivity contribution >= 4 is 21.8 Å². The average Bonchev–Trinajstić information content (AvgIpc) is 2.40. The number of hydrogen-bond donors (Lipinski definition) is 2. The molecule has 0 saturated heterocycles. The Bertz CT molecular complexity index is 440. The van der Waals surface area contributed by atoms with Crippen LogP contribution in [0.2, 0.25) is 0 Å². The van der Waals surface area contributed by atoms with Crippen LogP contribution in [0.4, 0.5) is 0 Å². The summed E-state index contributed by atoms with van der Waals surface area (Å²) in [6.07, 6.45) is 4.26. The number of carbonyl (C=O) groups excluding carboxylic acids is 1. The van der Waals surface area contributed by atoms with E-state index in [-0.39, 0.29) is 5.91 Å². The number of halogens is 1. The maximum atomic E-state index is 11.8. The Labute approximate surface area is 116 Å². The van der Waals surface area contributed by atoms with Crippen LogP contribution in [0.25, 0.3) is 0 Å². The molecule has 0 radical (unpaired) electrons. The smallest absolute Gasteiger partial charge is 0.251 e. The summed E-state index contributed by atoms with van der Waals surface area (Å²) >= 11 is 3.35. The van der Waals surface area contributed by atoms with Crippen LogP contribution in [0.5, 0.6) is 0 Å². The van der Waals surface area contributed by atoms with Gasteiger partial charge in [-0.25, -0.2) is 0 Å². The molecule has 0 bridgehead atoms. The Hall–Kier alpha value is -1.13. The van der Waals surface area contributed by atoms with Gasteiger partial charge < -0.3 is 10.6 Å². The van der Waals surface area contributed by atoms with Gasteiger partial charge in [-0.1, -0.05) is 27.6 Å². The molecule has 2 N–H and O–H groups in total. The lowest BCUT2D eigenvalue weighted by Gasteiger charge is -2.14. The van der Waals surface area contributed by atoms with Gasteiger partial charge in [0.25, 0.3) is 5.91 Å². The van der Waals surface area contributed by atoms with Crippen molar-refractivity contribution in [2.24, 2.45) is 0 Å². The van der Waals surface area contributed by atoms with Crippen molar-refractivity contribution in [2.45, 2.75) is 12.8 Å². The minimum Gasteiger partial charge on any atom is -0.352 e. The summed E-state index contributed by atoms with van der Waals surface area (Å²) in [5, 5.41) is 6.23. The highest BCUT2D eigenvalue weighted by molar-refractivity contribution is 9.10. The van der Waals surface area contributed by atoms with Gasteiger partial charge in [0.1, 0.15) is 0 Å². The lowest BCUT2D eigenvalue weighted by atomic mass is 10.1. The third kappa shape index (κ3) is 3.96. The molecule has 0 spiro atoms. The fourth-order valence-electron chi connectivity index (χ4n) is 1.94. The normalized spacial score (nSPS) is 15.1. The number of rotatable bonds is 4. The summed E-state index contributed by atoms with van der Waals surface area (Å²) in [6, 6.07) is 7.40. The fourth-order valence-corrected chi connectivity index (χ4v) is 2.20. The number of hydrogen-bond acceptors (Lipinski definition) is 2. The Morgan fingerprint density at radius 3 is 2.78 bits per heavy atom.